The van der Waals surface area contributed by atoms with E-state index in [0.717, 1.165) is 25.7 Å². The molecule has 184 valence electrons. The lowest BCUT2D eigenvalue weighted by Crippen LogP contribution is -2.58. The number of nitrogens with zero attached hydrogens (tertiary/aromatic N) is 4. The summed E-state index contributed by atoms with van der Waals surface area (Å²) >= 11 is 0. The third kappa shape index (κ3) is 4.76. The average Bonchev–Trinajstić information content (AvgIpc) is 3.17. The first-order valence-corrected chi connectivity index (χ1v) is 11.5. The van der Waals surface area contributed by atoms with Crippen LogP contribution >= 0.6 is 0 Å². The Morgan fingerprint density at radius 1 is 1.23 bits per heavy atom. The zero-order valence-electron chi connectivity index (χ0n) is 19.6. The summed E-state index contributed by atoms with van der Waals surface area (Å²) in [6, 6.07) is 3.63. The quantitative estimate of drug-likeness (QED) is 0.438. The molecule has 2 saturated carbocycles. The summed E-state index contributed by atoms with van der Waals surface area (Å²) in [4.78, 5) is 32.2. The Morgan fingerprint density at radius 2 is 2.00 bits per heavy atom. The lowest BCUT2D eigenvalue weighted by Gasteiger charge is -2.57. The van der Waals surface area contributed by atoms with E-state index in [1.807, 2.05) is 0 Å². The summed E-state index contributed by atoms with van der Waals surface area (Å²) < 4.78 is 13.1. The van der Waals surface area contributed by atoms with E-state index in [1.54, 1.807) is 42.9 Å². The normalized spacial score (nSPS) is 23.4. The molecule has 11 nitrogen and oxygen atoms in total. The monoisotopic (exact) mass is 480 g/mol. The van der Waals surface area contributed by atoms with Crippen molar-refractivity contribution in [2.45, 2.75) is 57.3 Å². The summed E-state index contributed by atoms with van der Waals surface area (Å²) in [6.45, 7) is 3.48. The Morgan fingerprint density at radius 3 is 2.71 bits per heavy atom. The maximum atomic E-state index is 12.9. The molecule has 2 amide bonds. The van der Waals surface area contributed by atoms with Gasteiger partial charge in [0.25, 0.3) is 11.8 Å². The van der Waals surface area contributed by atoms with Crippen molar-refractivity contribution in [1.82, 2.24) is 24.9 Å². The molecular weight excluding hydrogens is 452 g/mol. The Balaban J connectivity index is 1.13. The van der Waals surface area contributed by atoms with Gasteiger partial charge in [-0.2, -0.15) is 5.10 Å². The number of aliphatic hydroxyl groups is 1. The lowest BCUT2D eigenvalue weighted by molar-refractivity contribution is -0.0848. The van der Waals surface area contributed by atoms with Crippen LogP contribution in [0.1, 0.15) is 60.2 Å². The van der Waals surface area contributed by atoms with Crippen LogP contribution in [-0.4, -0.2) is 60.9 Å². The number of rotatable bonds is 8. The van der Waals surface area contributed by atoms with Crippen molar-refractivity contribution in [2.24, 2.45) is 11.1 Å². The van der Waals surface area contributed by atoms with Crippen LogP contribution < -0.4 is 20.5 Å². The number of amides is 2. The van der Waals surface area contributed by atoms with Gasteiger partial charge in [-0.05, 0) is 57.1 Å². The first-order valence-electron chi connectivity index (χ1n) is 11.5. The second-order valence-corrected chi connectivity index (χ2v) is 10.2. The minimum atomic E-state index is -0.945. The van der Waals surface area contributed by atoms with E-state index in [9.17, 15) is 14.7 Å². The number of carbonyl (C=O) groups is 2. The van der Waals surface area contributed by atoms with Crippen LogP contribution in [0.3, 0.4) is 0 Å². The standard InChI is InChI=1S/C24H28N6O5/c1-23(2,33)12-34-15-3-4-19-17(10-28-30(19)11-15)21(32)29-14-5-24(6-14)7-16(8-24)35-22-18(20(25)31)9-26-13-27-22/h3-4,9-11,13-14,16,33H,5-8,12H2,1-2H3,(H2,25,31)(H,29,32). The molecule has 0 aromatic carbocycles. The highest BCUT2D eigenvalue weighted by Crippen LogP contribution is 2.56. The number of hydrogen-bond acceptors (Lipinski definition) is 8. The van der Waals surface area contributed by atoms with Crippen molar-refractivity contribution in [3.05, 3.63) is 48.2 Å². The minimum absolute atomic E-state index is 0.0351. The number of fused-ring (bicyclic) bond motifs is 1. The van der Waals surface area contributed by atoms with Gasteiger partial charge in [0.2, 0.25) is 5.88 Å². The molecular formula is C24H28N6O5. The number of hydrogen-bond donors (Lipinski definition) is 3. The smallest absolute Gasteiger partial charge is 0.255 e. The van der Waals surface area contributed by atoms with Gasteiger partial charge in [0.1, 0.15) is 30.4 Å². The van der Waals surface area contributed by atoms with Crippen LogP contribution in [0.5, 0.6) is 11.6 Å². The van der Waals surface area contributed by atoms with Crippen molar-refractivity contribution in [3.8, 4) is 11.6 Å². The van der Waals surface area contributed by atoms with Crippen LogP contribution in [0.15, 0.2) is 37.1 Å². The van der Waals surface area contributed by atoms with Crippen LogP contribution in [0.4, 0.5) is 0 Å². The van der Waals surface area contributed by atoms with E-state index >= 15 is 0 Å². The highest BCUT2D eigenvalue weighted by molar-refractivity contribution is 6.00. The van der Waals surface area contributed by atoms with Gasteiger partial charge >= 0.3 is 0 Å². The molecule has 0 radical (unpaired) electrons. The van der Waals surface area contributed by atoms with E-state index in [-0.39, 0.29) is 41.5 Å². The van der Waals surface area contributed by atoms with Gasteiger partial charge in [0, 0.05) is 12.2 Å². The minimum Gasteiger partial charge on any atom is -0.489 e. The lowest BCUT2D eigenvalue weighted by atomic mass is 9.53. The van der Waals surface area contributed by atoms with Crippen molar-refractivity contribution >= 4 is 17.3 Å². The van der Waals surface area contributed by atoms with Gasteiger partial charge in [-0.25, -0.2) is 14.5 Å². The van der Waals surface area contributed by atoms with Crippen LogP contribution in [0.25, 0.3) is 5.52 Å². The topological polar surface area (TPSA) is 154 Å². The molecule has 0 unspecified atom stereocenters. The van der Waals surface area contributed by atoms with Crippen molar-refractivity contribution in [2.75, 3.05) is 6.61 Å². The number of carbonyl (C=O) groups excluding carboxylic acids is 2. The summed E-state index contributed by atoms with van der Waals surface area (Å²) in [7, 11) is 0. The molecule has 0 saturated heterocycles. The van der Waals surface area contributed by atoms with Crippen LogP contribution in [-0.2, 0) is 0 Å². The second-order valence-electron chi connectivity index (χ2n) is 10.2. The zero-order valence-corrected chi connectivity index (χ0v) is 19.6. The molecule has 0 atom stereocenters. The Labute approximate surface area is 201 Å². The maximum Gasteiger partial charge on any atom is 0.255 e. The first kappa shape index (κ1) is 23.0. The molecule has 35 heavy (non-hydrogen) atoms. The van der Waals surface area contributed by atoms with Gasteiger partial charge in [0.05, 0.1) is 29.1 Å². The molecule has 11 heteroatoms. The molecule has 3 aromatic heterocycles. The molecule has 2 aliphatic carbocycles. The zero-order chi connectivity index (χ0) is 24.8. The Bertz CT molecular complexity index is 1270. The van der Waals surface area contributed by atoms with E-state index in [0.29, 0.717) is 16.8 Å². The maximum absolute atomic E-state index is 12.9. The molecule has 3 heterocycles. The molecule has 4 N–H and O–H groups in total. The summed E-state index contributed by atoms with van der Waals surface area (Å²) in [5.74, 6) is -0.00338. The predicted molar refractivity (Wildman–Crippen MR) is 124 cm³/mol. The van der Waals surface area contributed by atoms with Gasteiger partial charge in [-0.3, -0.25) is 9.59 Å². The van der Waals surface area contributed by atoms with E-state index < -0.39 is 11.5 Å². The predicted octanol–water partition coefficient (Wildman–Crippen LogP) is 1.49. The Kier molecular flexibility index (Phi) is 5.59. The van der Waals surface area contributed by atoms with E-state index in [4.69, 9.17) is 15.2 Å². The highest BCUT2D eigenvalue weighted by atomic mass is 16.5. The SMILES string of the molecule is CC(C)(O)COc1ccc2c(C(=O)NC3CC4(C3)CC(Oc3ncncc3C(N)=O)C4)cnn2c1. The molecule has 2 fully saturated rings. The Hall–Kier alpha value is -3.73. The number of primary amides is 1. The van der Waals surface area contributed by atoms with E-state index in [1.165, 1.54) is 12.5 Å². The van der Waals surface area contributed by atoms with Gasteiger partial charge in [0.15, 0.2) is 0 Å². The van der Waals surface area contributed by atoms with Gasteiger partial charge in [-0.1, -0.05) is 0 Å². The van der Waals surface area contributed by atoms with Crippen molar-refractivity contribution in [1.29, 1.82) is 0 Å². The molecule has 1 spiro atoms. The van der Waals surface area contributed by atoms with E-state index in [2.05, 4.69) is 20.4 Å². The van der Waals surface area contributed by atoms with Crippen LogP contribution in [0, 0.1) is 5.41 Å². The number of nitrogens with one attached hydrogen (secondary N) is 1. The highest BCUT2D eigenvalue weighted by Gasteiger charge is 2.54. The molecule has 0 aliphatic heterocycles. The average molecular weight is 481 g/mol. The molecule has 0 bridgehead atoms. The molecule has 5 rings (SSSR count). The summed E-state index contributed by atoms with van der Waals surface area (Å²) in [6.07, 6.45) is 9.31. The fourth-order valence-electron chi connectivity index (χ4n) is 4.90. The second kappa shape index (κ2) is 8.49. The summed E-state index contributed by atoms with van der Waals surface area (Å²) in [5, 5.41) is 17.2. The summed E-state index contributed by atoms with van der Waals surface area (Å²) in [5.41, 5.74) is 5.91. The van der Waals surface area contributed by atoms with Gasteiger partial charge in [-0.15, -0.1) is 0 Å². The number of ether oxygens (including phenoxy) is 2. The fourth-order valence-corrected chi connectivity index (χ4v) is 4.90. The number of aromatic nitrogens is 4. The molecule has 2 aliphatic rings. The van der Waals surface area contributed by atoms with Crippen molar-refractivity contribution in [3.63, 3.8) is 0 Å². The van der Waals surface area contributed by atoms with Gasteiger partial charge < -0.3 is 25.6 Å². The van der Waals surface area contributed by atoms with Crippen molar-refractivity contribution < 1.29 is 24.2 Å². The molecule has 3 aromatic rings. The number of pyridine rings is 1. The largest absolute Gasteiger partial charge is 0.489 e. The third-order valence-corrected chi connectivity index (χ3v) is 6.56. The fraction of sp³-hybridized carbons (Fsp3) is 0.458. The third-order valence-electron chi connectivity index (χ3n) is 6.56. The number of nitrogens with two attached hydrogens (primary N) is 1. The van der Waals surface area contributed by atoms with Crippen LogP contribution in [0.2, 0.25) is 0 Å². The first-order chi connectivity index (χ1) is 16.6.